The Morgan fingerprint density at radius 1 is 1.14 bits per heavy atom. The summed E-state index contributed by atoms with van der Waals surface area (Å²) >= 11 is 0. The van der Waals surface area contributed by atoms with Crippen molar-refractivity contribution in [3.63, 3.8) is 0 Å². The topological polar surface area (TPSA) is 113 Å². The van der Waals surface area contributed by atoms with Gasteiger partial charge in [0.1, 0.15) is 5.69 Å². The number of Topliss-reactive ketones (excluding diaryl/α,β-unsaturated/α-hetero) is 1. The van der Waals surface area contributed by atoms with E-state index in [9.17, 15) is 14.4 Å². The molecule has 6 rings (SSSR count). The fourth-order valence-electron chi connectivity index (χ4n) is 5.53. The van der Waals surface area contributed by atoms with Crippen LogP contribution in [0.1, 0.15) is 89.8 Å². The van der Waals surface area contributed by atoms with Gasteiger partial charge in [0.15, 0.2) is 11.5 Å². The number of hydrogen-bond acceptors (Lipinski definition) is 5. The van der Waals surface area contributed by atoms with Crippen molar-refractivity contribution in [3.05, 3.63) is 46.9 Å². The zero-order chi connectivity index (χ0) is 25.2. The van der Waals surface area contributed by atoms with Crippen molar-refractivity contribution in [3.8, 4) is 0 Å². The standard InChI is InChI=1S/C27H32N6O3/c1-26(2,3)33-15-17-13-27(14-21(34)22(17)31-33)8-10-32(11-9-27)25(36)16-4-7-20-19(12-16)23(30-29-20)24(35)28-18-5-6-18/h4,7,12,15,18H,5-6,8-11,13-14H2,1-3H3,(H,28,35)(H,29,30). The maximum absolute atomic E-state index is 13.4. The van der Waals surface area contributed by atoms with Crippen LogP contribution in [-0.2, 0) is 12.0 Å². The maximum atomic E-state index is 13.4. The molecule has 2 aromatic heterocycles. The zero-order valence-corrected chi connectivity index (χ0v) is 21.1. The first-order valence-corrected chi connectivity index (χ1v) is 12.8. The first kappa shape index (κ1) is 22.9. The van der Waals surface area contributed by atoms with Gasteiger partial charge in [-0.05, 0) is 76.5 Å². The Morgan fingerprint density at radius 3 is 2.58 bits per heavy atom. The van der Waals surface area contributed by atoms with Crippen molar-refractivity contribution in [2.75, 3.05) is 13.1 Å². The van der Waals surface area contributed by atoms with E-state index < -0.39 is 0 Å². The second-order valence-corrected chi connectivity index (χ2v) is 11.8. The minimum absolute atomic E-state index is 0.0510. The van der Waals surface area contributed by atoms with Crippen molar-refractivity contribution < 1.29 is 14.4 Å². The van der Waals surface area contributed by atoms with Crippen LogP contribution in [0.2, 0.25) is 0 Å². The van der Waals surface area contributed by atoms with E-state index in [0.717, 1.165) is 43.2 Å². The van der Waals surface area contributed by atoms with Crippen LogP contribution in [0.3, 0.4) is 0 Å². The number of rotatable bonds is 3. The number of likely N-dealkylation sites (tertiary alicyclic amines) is 1. The number of H-pyrrole nitrogens is 1. The number of piperidine rings is 1. The summed E-state index contributed by atoms with van der Waals surface area (Å²) in [6.07, 6.45) is 6.92. The minimum Gasteiger partial charge on any atom is -0.348 e. The van der Waals surface area contributed by atoms with Crippen molar-refractivity contribution >= 4 is 28.5 Å². The van der Waals surface area contributed by atoms with Gasteiger partial charge in [-0.2, -0.15) is 10.2 Å². The number of nitrogens with zero attached hydrogens (tertiary/aromatic N) is 4. The summed E-state index contributed by atoms with van der Waals surface area (Å²) in [5.41, 5.74) is 2.97. The zero-order valence-electron chi connectivity index (χ0n) is 21.1. The van der Waals surface area contributed by atoms with Gasteiger partial charge >= 0.3 is 0 Å². The minimum atomic E-state index is -0.204. The molecule has 2 aliphatic carbocycles. The number of aromatic nitrogens is 4. The highest BCUT2D eigenvalue weighted by atomic mass is 16.2. The van der Waals surface area contributed by atoms with Gasteiger partial charge in [-0.15, -0.1) is 0 Å². The first-order valence-electron chi connectivity index (χ1n) is 12.8. The van der Waals surface area contributed by atoms with Gasteiger partial charge in [-0.1, -0.05) is 0 Å². The number of fused-ring (bicyclic) bond motifs is 2. The monoisotopic (exact) mass is 488 g/mol. The predicted octanol–water partition coefficient (Wildman–Crippen LogP) is 3.46. The summed E-state index contributed by atoms with van der Waals surface area (Å²) in [6, 6.07) is 5.60. The number of ketones is 1. The lowest BCUT2D eigenvalue weighted by Gasteiger charge is -2.43. The van der Waals surface area contributed by atoms with Crippen LogP contribution in [0.15, 0.2) is 24.4 Å². The predicted molar refractivity (Wildman–Crippen MR) is 134 cm³/mol. The summed E-state index contributed by atoms with van der Waals surface area (Å²) in [7, 11) is 0. The Bertz CT molecular complexity index is 1380. The molecule has 1 saturated carbocycles. The Labute approximate surface area is 209 Å². The number of hydrogen-bond donors (Lipinski definition) is 2. The number of nitrogens with one attached hydrogen (secondary N) is 2. The SMILES string of the molecule is CC(C)(C)n1cc2c(n1)C(=O)CC1(CCN(C(=O)c3ccc4[nH]nc(C(=O)NC5CC5)c4c3)CC1)C2. The van der Waals surface area contributed by atoms with Crippen LogP contribution >= 0.6 is 0 Å². The molecule has 0 unspecified atom stereocenters. The summed E-state index contributed by atoms with van der Waals surface area (Å²) in [4.78, 5) is 40.8. The van der Waals surface area contributed by atoms with Gasteiger partial charge in [-0.25, -0.2) is 0 Å². The highest BCUT2D eigenvalue weighted by Crippen LogP contribution is 2.43. The fourth-order valence-corrected chi connectivity index (χ4v) is 5.53. The Kier molecular flexibility index (Phi) is 5.10. The van der Waals surface area contributed by atoms with E-state index in [2.05, 4.69) is 41.4 Å². The first-order chi connectivity index (χ1) is 17.1. The number of benzene rings is 1. The maximum Gasteiger partial charge on any atom is 0.272 e. The molecule has 36 heavy (non-hydrogen) atoms. The Balaban J connectivity index is 1.17. The second kappa shape index (κ2) is 8.01. The molecule has 9 nitrogen and oxygen atoms in total. The molecule has 3 heterocycles. The number of aromatic amines is 1. The van der Waals surface area contributed by atoms with Crippen molar-refractivity contribution in [2.45, 2.75) is 70.9 Å². The van der Waals surface area contributed by atoms with Crippen molar-refractivity contribution in [2.24, 2.45) is 5.41 Å². The number of carbonyl (C=O) groups is 3. The largest absolute Gasteiger partial charge is 0.348 e. The van der Waals surface area contributed by atoms with E-state index in [4.69, 9.17) is 0 Å². The average molecular weight is 489 g/mol. The normalized spacial score (nSPS) is 19.5. The van der Waals surface area contributed by atoms with Gasteiger partial charge in [0.05, 0.1) is 11.1 Å². The van der Waals surface area contributed by atoms with E-state index in [1.165, 1.54) is 0 Å². The Hall–Kier alpha value is -3.49. The average Bonchev–Trinajstić information content (AvgIpc) is 3.36. The molecule has 3 aromatic rings. The third-order valence-corrected chi connectivity index (χ3v) is 7.89. The molecule has 2 fully saturated rings. The summed E-state index contributed by atoms with van der Waals surface area (Å²) in [5, 5.41) is 15.3. The van der Waals surface area contributed by atoms with E-state index in [0.29, 0.717) is 41.8 Å². The smallest absolute Gasteiger partial charge is 0.272 e. The van der Waals surface area contributed by atoms with Crippen LogP contribution in [0.4, 0.5) is 0 Å². The van der Waals surface area contributed by atoms with Gasteiger partial charge in [0.2, 0.25) is 0 Å². The highest BCUT2D eigenvalue weighted by molar-refractivity contribution is 6.07. The van der Waals surface area contributed by atoms with Crippen molar-refractivity contribution in [1.82, 2.24) is 30.2 Å². The molecule has 9 heteroatoms. The van der Waals surface area contributed by atoms with Crippen LogP contribution in [0.25, 0.3) is 10.9 Å². The molecular weight excluding hydrogens is 456 g/mol. The molecule has 1 aliphatic heterocycles. The molecule has 0 radical (unpaired) electrons. The molecule has 1 aromatic carbocycles. The van der Waals surface area contributed by atoms with E-state index in [-0.39, 0.29) is 34.6 Å². The molecular formula is C27H32N6O3. The van der Waals surface area contributed by atoms with Gasteiger partial charge in [0, 0.05) is 48.3 Å². The lowest BCUT2D eigenvalue weighted by Crippen LogP contribution is -2.46. The third kappa shape index (κ3) is 4.00. The van der Waals surface area contributed by atoms with E-state index in [1.807, 2.05) is 21.8 Å². The van der Waals surface area contributed by atoms with E-state index in [1.54, 1.807) is 12.1 Å². The van der Waals surface area contributed by atoms with Gasteiger partial charge in [-0.3, -0.25) is 24.2 Å². The van der Waals surface area contributed by atoms with Crippen LogP contribution < -0.4 is 5.32 Å². The molecule has 1 saturated heterocycles. The quantitative estimate of drug-likeness (QED) is 0.586. The highest BCUT2D eigenvalue weighted by Gasteiger charge is 2.43. The van der Waals surface area contributed by atoms with Gasteiger partial charge < -0.3 is 10.2 Å². The molecule has 2 N–H and O–H groups in total. The lowest BCUT2D eigenvalue weighted by molar-refractivity contribution is 0.0519. The number of carbonyl (C=O) groups excluding carboxylic acids is 3. The van der Waals surface area contributed by atoms with Crippen molar-refractivity contribution in [1.29, 1.82) is 0 Å². The molecule has 1 spiro atoms. The lowest BCUT2D eigenvalue weighted by atomic mass is 9.67. The number of amides is 2. The molecule has 188 valence electrons. The third-order valence-electron chi connectivity index (χ3n) is 7.89. The van der Waals surface area contributed by atoms with Crippen LogP contribution in [-0.4, -0.2) is 61.6 Å². The van der Waals surface area contributed by atoms with Crippen LogP contribution in [0, 0.1) is 5.41 Å². The summed E-state index contributed by atoms with van der Waals surface area (Å²) in [5.74, 6) is -0.143. The summed E-state index contributed by atoms with van der Waals surface area (Å²) < 4.78 is 1.90. The molecule has 0 bridgehead atoms. The summed E-state index contributed by atoms with van der Waals surface area (Å²) in [6.45, 7) is 7.46. The Morgan fingerprint density at radius 2 is 1.89 bits per heavy atom. The second-order valence-electron chi connectivity index (χ2n) is 11.8. The van der Waals surface area contributed by atoms with E-state index >= 15 is 0 Å². The van der Waals surface area contributed by atoms with Gasteiger partial charge in [0.25, 0.3) is 11.8 Å². The molecule has 3 aliphatic rings. The van der Waals surface area contributed by atoms with Crippen LogP contribution in [0.5, 0.6) is 0 Å². The molecule has 0 atom stereocenters. The fraction of sp³-hybridized carbons (Fsp3) is 0.519. The molecule has 2 amide bonds.